The van der Waals surface area contributed by atoms with E-state index in [2.05, 4.69) is 32.7 Å². The number of aliphatic imine (C=N–C) groups is 1. The van der Waals surface area contributed by atoms with Crippen molar-refractivity contribution in [1.29, 1.82) is 0 Å². The molecule has 1 aromatic heterocycles. The molecule has 0 amide bonds. The van der Waals surface area contributed by atoms with E-state index in [-0.39, 0.29) is 36.0 Å². The molecular formula is C22H33IN4O3S. The molecule has 0 fully saturated rings. The van der Waals surface area contributed by atoms with Crippen LogP contribution in [0.15, 0.2) is 29.3 Å². The number of aromatic nitrogens is 1. The minimum Gasteiger partial charge on any atom is -0.494 e. The van der Waals surface area contributed by atoms with Crippen LogP contribution in [0.3, 0.4) is 0 Å². The van der Waals surface area contributed by atoms with Crippen LogP contribution in [0.25, 0.3) is 0 Å². The number of halogens is 1. The average Bonchev–Trinajstić information content (AvgIpc) is 3.11. The van der Waals surface area contributed by atoms with Gasteiger partial charge in [0.25, 0.3) is 0 Å². The quantitative estimate of drug-likeness (QED) is 0.193. The highest BCUT2D eigenvalue weighted by Crippen LogP contribution is 2.24. The van der Waals surface area contributed by atoms with Gasteiger partial charge in [-0.3, -0.25) is 4.99 Å². The van der Waals surface area contributed by atoms with Crippen LogP contribution >= 0.6 is 35.3 Å². The van der Waals surface area contributed by atoms with E-state index in [1.807, 2.05) is 39.8 Å². The molecule has 172 valence electrons. The first-order valence-electron chi connectivity index (χ1n) is 10.4. The van der Waals surface area contributed by atoms with Crippen LogP contribution < -0.4 is 15.4 Å². The van der Waals surface area contributed by atoms with Gasteiger partial charge in [-0.2, -0.15) is 0 Å². The second kappa shape index (κ2) is 14.2. The molecule has 9 heteroatoms. The molecule has 0 spiro atoms. The van der Waals surface area contributed by atoms with Crippen LogP contribution in [0, 0.1) is 6.92 Å². The normalized spacial score (nSPS) is 12.0. The lowest BCUT2D eigenvalue weighted by atomic mass is 10.1. The summed E-state index contributed by atoms with van der Waals surface area (Å²) in [5.74, 6) is 1.28. The average molecular weight is 561 g/mol. The van der Waals surface area contributed by atoms with Gasteiger partial charge in [-0.15, -0.1) is 35.3 Å². The number of benzene rings is 1. The van der Waals surface area contributed by atoms with Crippen LogP contribution in [0.4, 0.5) is 0 Å². The van der Waals surface area contributed by atoms with Gasteiger partial charge in [0.2, 0.25) is 0 Å². The van der Waals surface area contributed by atoms with Crippen molar-refractivity contribution in [3.63, 3.8) is 0 Å². The molecule has 0 aliphatic rings. The van der Waals surface area contributed by atoms with E-state index < -0.39 is 0 Å². The number of nitrogens with zero attached hydrogens (tertiary/aromatic N) is 2. The molecule has 1 unspecified atom stereocenters. The largest absolute Gasteiger partial charge is 0.494 e. The van der Waals surface area contributed by atoms with Crippen LogP contribution in [-0.2, 0) is 11.2 Å². The lowest BCUT2D eigenvalue weighted by Gasteiger charge is -2.16. The summed E-state index contributed by atoms with van der Waals surface area (Å²) in [5, 5.41) is 7.46. The molecule has 2 N–H and O–H groups in total. The van der Waals surface area contributed by atoms with Gasteiger partial charge in [0.05, 0.1) is 24.9 Å². The van der Waals surface area contributed by atoms with Crippen molar-refractivity contribution < 1.29 is 14.3 Å². The summed E-state index contributed by atoms with van der Waals surface area (Å²) in [5.41, 5.74) is 1.88. The summed E-state index contributed by atoms with van der Waals surface area (Å²) in [7, 11) is 0. The number of esters is 1. The molecule has 0 radical (unpaired) electrons. The lowest BCUT2D eigenvalue weighted by Crippen LogP contribution is -2.38. The van der Waals surface area contributed by atoms with E-state index in [1.165, 1.54) is 16.9 Å². The maximum Gasteiger partial charge on any atom is 0.350 e. The first-order chi connectivity index (χ1) is 14.5. The molecule has 1 aromatic carbocycles. The van der Waals surface area contributed by atoms with E-state index in [1.54, 1.807) is 6.92 Å². The number of hydrogen-bond donors (Lipinski definition) is 2. The Kier molecular flexibility index (Phi) is 12.5. The van der Waals surface area contributed by atoms with Crippen molar-refractivity contribution in [2.75, 3.05) is 26.3 Å². The molecule has 2 aromatic rings. The lowest BCUT2D eigenvalue weighted by molar-refractivity contribution is 0.0531. The maximum absolute atomic E-state index is 12.0. The first-order valence-corrected chi connectivity index (χ1v) is 11.2. The van der Waals surface area contributed by atoms with Gasteiger partial charge < -0.3 is 20.1 Å². The van der Waals surface area contributed by atoms with Gasteiger partial charge >= 0.3 is 5.97 Å². The number of ether oxygens (including phenoxy) is 2. The molecule has 7 nitrogen and oxygen atoms in total. The third-order valence-corrected chi connectivity index (χ3v) is 5.54. The Morgan fingerprint density at radius 1 is 1.26 bits per heavy atom. The van der Waals surface area contributed by atoms with Crippen molar-refractivity contribution in [3.8, 4) is 5.75 Å². The third-order valence-electron chi connectivity index (χ3n) is 4.22. The number of carbonyl (C=O) groups excluding carboxylic acids is 1. The molecule has 31 heavy (non-hydrogen) atoms. The Hall–Kier alpha value is -1.88. The van der Waals surface area contributed by atoms with E-state index in [9.17, 15) is 4.79 Å². The zero-order chi connectivity index (χ0) is 21.9. The zero-order valence-corrected chi connectivity index (χ0v) is 22.0. The number of hydrogen-bond acceptors (Lipinski definition) is 6. The minimum atomic E-state index is -0.319. The summed E-state index contributed by atoms with van der Waals surface area (Å²) < 4.78 is 10.7. The molecular weight excluding hydrogens is 527 g/mol. The van der Waals surface area contributed by atoms with Gasteiger partial charge in [0.15, 0.2) is 5.96 Å². The third kappa shape index (κ3) is 8.64. The smallest absolute Gasteiger partial charge is 0.350 e. The molecule has 0 bridgehead atoms. The molecule has 2 rings (SSSR count). The fourth-order valence-corrected chi connectivity index (χ4v) is 3.79. The zero-order valence-electron chi connectivity index (χ0n) is 18.9. The van der Waals surface area contributed by atoms with Gasteiger partial charge in [-0.05, 0) is 58.7 Å². The second-order valence-corrected chi connectivity index (χ2v) is 7.67. The highest BCUT2D eigenvalue weighted by molar-refractivity contribution is 14.0. The number of thiazole rings is 1. The van der Waals surface area contributed by atoms with Crippen molar-refractivity contribution in [1.82, 2.24) is 15.6 Å². The monoisotopic (exact) mass is 560 g/mol. The van der Waals surface area contributed by atoms with Gasteiger partial charge in [-0.1, -0.05) is 12.1 Å². The Bertz CT molecular complexity index is 857. The van der Waals surface area contributed by atoms with Crippen LogP contribution in [0.5, 0.6) is 5.75 Å². The summed E-state index contributed by atoms with van der Waals surface area (Å²) >= 11 is 1.36. The fraction of sp³-hybridized carbons (Fsp3) is 0.500. The SMILES string of the molecule is CCNC(=NCCc1cccc(OCC)c1)NC(C)c1nc(C)c(C(=O)OCC)s1.I. The summed E-state index contributed by atoms with van der Waals surface area (Å²) in [6, 6.07) is 8.01. The number of nitrogens with one attached hydrogen (secondary N) is 2. The second-order valence-electron chi connectivity index (χ2n) is 6.64. The van der Waals surface area contributed by atoms with Crippen LogP contribution in [0.2, 0.25) is 0 Å². The molecule has 0 saturated heterocycles. The number of aryl methyl sites for hydroxylation is 1. The number of guanidine groups is 1. The molecule has 0 aliphatic heterocycles. The number of carbonyl (C=O) groups is 1. The summed E-state index contributed by atoms with van der Waals surface area (Å²) in [6.45, 7) is 12.0. The van der Waals surface area contributed by atoms with Gasteiger partial charge in [-0.25, -0.2) is 9.78 Å². The highest BCUT2D eigenvalue weighted by atomic mass is 127. The van der Waals surface area contributed by atoms with E-state index >= 15 is 0 Å². The van der Waals surface area contributed by atoms with E-state index in [0.29, 0.717) is 30.3 Å². The predicted octanol–water partition coefficient (Wildman–Crippen LogP) is 4.50. The highest BCUT2D eigenvalue weighted by Gasteiger charge is 2.20. The predicted molar refractivity (Wildman–Crippen MR) is 137 cm³/mol. The Labute approximate surface area is 206 Å². The minimum absolute atomic E-state index is 0. The van der Waals surface area contributed by atoms with Crippen molar-refractivity contribution in [2.45, 2.75) is 47.1 Å². The van der Waals surface area contributed by atoms with Gasteiger partial charge in [0.1, 0.15) is 15.6 Å². The topological polar surface area (TPSA) is 84.8 Å². The van der Waals surface area contributed by atoms with Gasteiger partial charge in [0, 0.05) is 13.1 Å². The standard InChI is InChI=1S/C22H32N4O3S.HI/c1-6-23-22(24-13-12-17-10-9-11-18(14-17)28-7-2)26-16(5)20-25-15(4)19(30-20)21(27)29-8-3;/h9-11,14,16H,6-8,12-13H2,1-5H3,(H2,23,24,26);1H. The Morgan fingerprint density at radius 3 is 2.71 bits per heavy atom. The fourth-order valence-electron chi connectivity index (χ4n) is 2.83. The molecule has 1 heterocycles. The Morgan fingerprint density at radius 2 is 2.03 bits per heavy atom. The van der Waals surface area contributed by atoms with E-state index in [4.69, 9.17) is 9.47 Å². The van der Waals surface area contributed by atoms with Crippen LogP contribution in [-0.4, -0.2) is 43.2 Å². The summed E-state index contributed by atoms with van der Waals surface area (Å²) in [4.78, 5) is 21.8. The van der Waals surface area contributed by atoms with Crippen LogP contribution in [0.1, 0.15) is 59.7 Å². The maximum atomic E-state index is 12.0. The number of rotatable bonds is 10. The summed E-state index contributed by atoms with van der Waals surface area (Å²) in [6.07, 6.45) is 0.815. The molecule has 0 saturated carbocycles. The Balaban J connectivity index is 0.00000480. The van der Waals surface area contributed by atoms with E-state index in [0.717, 1.165) is 29.7 Å². The van der Waals surface area contributed by atoms with Crippen molar-refractivity contribution in [2.24, 2.45) is 4.99 Å². The molecule has 0 aliphatic carbocycles. The van der Waals surface area contributed by atoms with Crippen molar-refractivity contribution in [3.05, 3.63) is 45.4 Å². The van der Waals surface area contributed by atoms with Crippen molar-refractivity contribution >= 4 is 47.2 Å². The molecule has 1 atom stereocenters. The first kappa shape index (κ1) is 27.2.